The molecular formula is C15H19N3O2. The van der Waals surface area contributed by atoms with E-state index in [0.717, 1.165) is 24.6 Å². The van der Waals surface area contributed by atoms with E-state index in [9.17, 15) is 5.11 Å². The number of pyridine rings is 1. The lowest BCUT2D eigenvalue weighted by Crippen LogP contribution is -2.13. The molecular weight excluding hydrogens is 254 g/mol. The van der Waals surface area contributed by atoms with Crippen molar-refractivity contribution in [2.45, 2.75) is 44.9 Å². The summed E-state index contributed by atoms with van der Waals surface area (Å²) in [4.78, 5) is 8.50. The molecule has 0 saturated heterocycles. The molecule has 2 heterocycles. The average molecular weight is 273 g/mol. The van der Waals surface area contributed by atoms with Crippen LogP contribution in [0.2, 0.25) is 0 Å². The molecule has 1 aliphatic rings. The minimum absolute atomic E-state index is 0.0670. The second-order valence-electron chi connectivity index (χ2n) is 5.45. The standard InChI is InChI=1S/C15H19N3O2/c1-2-10-5-7-11(8-6-10)14-17-15(20-18-14)13-12(19)4-3-9-16-13/h3-4,9-11,19H,2,5-8H2,1H3. The summed E-state index contributed by atoms with van der Waals surface area (Å²) in [5, 5.41) is 13.8. The van der Waals surface area contributed by atoms with Crippen LogP contribution in [0.5, 0.6) is 5.75 Å². The van der Waals surface area contributed by atoms with Crippen molar-refractivity contribution < 1.29 is 9.63 Å². The maximum Gasteiger partial charge on any atom is 0.280 e. The lowest BCUT2D eigenvalue weighted by Gasteiger charge is -2.25. The number of nitrogens with zero attached hydrogens (tertiary/aromatic N) is 3. The van der Waals surface area contributed by atoms with E-state index in [2.05, 4.69) is 22.0 Å². The first kappa shape index (κ1) is 13.1. The molecule has 5 nitrogen and oxygen atoms in total. The zero-order valence-electron chi connectivity index (χ0n) is 11.6. The van der Waals surface area contributed by atoms with E-state index >= 15 is 0 Å². The van der Waals surface area contributed by atoms with Crippen LogP contribution in [0, 0.1) is 5.92 Å². The summed E-state index contributed by atoms with van der Waals surface area (Å²) in [6.45, 7) is 2.25. The van der Waals surface area contributed by atoms with Gasteiger partial charge in [0.25, 0.3) is 5.89 Å². The lowest BCUT2D eigenvalue weighted by atomic mass is 9.80. The van der Waals surface area contributed by atoms with Gasteiger partial charge in [-0.05, 0) is 43.7 Å². The van der Waals surface area contributed by atoms with E-state index in [1.54, 1.807) is 18.3 Å². The fourth-order valence-electron chi connectivity index (χ4n) is 2.89. The molecule has 1 N–H and O–H groups in total. The summed E-state index contributed by atoms with van der Waals surface area (Å²) in [5.74, 6) is 2.34. The first-order valence-corrected chi connectivity index (χ1v) is 7.26. The first-order valence-electron chi connectivity index (χ1n) is 7.26. The molecule has 106 valence electrons. The van der Waals surface area contributed by atoms with Gasteiger partial charge in [0.15, 0.2) is 11.5 Å². The Morgan fingerprint density at radius 1 is 1.30 bits per heavy atom. The Morgan fingerprint density at radius 2 is 2.10 bits per heavy atom. The van der Waals surface area contributed by atoms with Crippen molar-refractivity contribution >= 4 is 0 Å². The van der Waals surface area contributed by atoms with Gasteiger partial charge in [-0.2, -0.15) is 4.98 Å². The van der Waals surface area contributed by atoms with E-state index in [-0.39, 0.29) is 5.75 Å². The topological polar surface area (TPSA) is 72.0 Å². The normalized spacial score (nSPS) is 22.9. The van der Waals surface area contributed by atoms with Gasteiger partial charge in [-0.3, -0.25) is 0 Å². The highest BCUT2D eigenvalue weighted by Gasteiger charge is 2.26. The highest BCUT2D eigenvalue weighted by molar-refractivity contribution is 5.55. The van der Waals surface area contributed by atoms with Gasteiger partial charge in [-0.15, -0.1) is 0 Å². The zero-order chi connectivity index (χ0) is 13.9. The minimum Gasteiger partial charge on any atom is -0.505 e. The predicted molar refractivity (Wildman–Crippen MR) is 74.2 cm³/mol. The molecule has 3 rings (SSSR count). The summed E-state index contributed by atoms with van der Waals surface area (Å²) >= 11 is 0. The number of hydrogen-bond acceptors (Lipinski definition) is 5. The fraction of sp³-hybridized carbons (Fsp3) is 0.533. The Bertz CT molecular complexity index is 574. The molecule has 2 aromatic heterocycles. The van der Waals surface area contributed by atoms with Crippen molar-refractivity contribution in [3.63, 3.8) is 0 Å². The number of hydrogen-bond donors (Lipinski definition) is 1. The Hall–Kier alpha value is -1.91. The molecule has 1 aliphatic carbocycles. The van der Waals surface area contributed by atoms with Gasteiger partial charge in [-0.25, -0.2) is 4.98 Å². The molecule has 0 bridgehead atoms. The van der Waals surface area contributed by atoms with Crippen molar-refractivity contribution in [1.29, 1.82) is 0 Å². The van der Waals surface area contributed by atoms with Crippen LogP contribution < -0.4 is 0 Å². The second kappa shape index (κ2) is 5.61. The molecule has 0 aromatic carbocycles. The van der Waals surface area contributed by atoms with E-state index < -0.39 is 0 Å². The van der Waals surface area contributed by atoms with Crippen LogP contribution in [0.4, 0.5) is 0 Å². The molecule has 0 atom stereocenters. The summed E-state index contributed by atoms with van der Waals surface area (Å²) in [5.41, 5.74) is 0.355. The molecule has 2 aromatic rings. The second-order valence-corrected chi connectivity index (χ2v) is 5.45. The first-order chi connectivity index (χ1) is 9.78. The molecule has 0 amide bonds. The summed E-state index contributed by atoms with van der Waals surface area (Å²) in [6, 6.07) is 3.24. The van der Waals surface area contributed by atoms with Crippen molar-refractivity contribution in [3.8, 4) is 17.3 Å². The largest absolute Gasteiger partial charge is 0.505 e. The van der Waals surface area contributed by atoms with Gasteiger partial charge in [0.1, 0.15) is 5.75 Å². The third-order valence-corrected chi connectivity index (χ3v) is 4.22. The summed E-state index contributed by atoms with van der Waals surface area (Å²) < 4.78 is 5.25. The van der Waals surface area contributed by atoms with Crippen LogP contribution in [0.1, 0.15) is 50.8 Å². The number of aromatic hydroxyl groups is 1. The van der Waals surface area contributed by atoms with E-state index in [0.29, 0.717) is 17.5 Å². The van der Waals surface area contributed by atoms with Gasteiger partial charge in [0.2, 0.25) is 0 Å². The Kier molecular flexibility index (Phi) is 3.67. The number of aromatic nitrogens is 3. The smallest absolute Gasteiger partial charge is 0.280 e. The molecule has 0 radical (unpaired) electrons. The predicted octanol–water partition coefficient (Wildman–Crippen LogP) is 3.52. The van der Waals surface area contributed by atoms with E-state index in [1.807, 2.05) is 0 Å². The Morgan fingerprint density at radius 3 is 2.80 bits per heavy atom. The van der Waals surface area contributed by atoms with Crippen molar-refractivity contribution in [1.82, 2.24) is 15.1 Å². The fourth-order valence-corrected chi connectivity index (χ4v) is 2.89. The maximum absolute atomic E-state index is 9.76. The lowest BCUT2D eigenvalue weighted by molar-refractivity contribution is 0.305. The van der Waals surface area contributed by atoms with Crippen molar-refractivity contribution in [2.24, 2.45) is 5.92 Å². The van der Waals surface area contributed by atoms with Crippen molar-refractivity contribution in [2.75, 3.05) is 0 Å². The zero-order valence-corrected chi connectivity index (χ0v) is 11.6. The van der Waals surface area contributed by atoms with Crippen LogP contribution in [0.25, 0.3) is 11.6 Å². The molecule has 0 unspecified atom stereocenters. The average Bonchev–Trinajstić information content (AvgIpc) is 2.97. The maximum atomic E-state index is 9.76. The summed E-state index contributed by atoms with van der Waals surface area (Å²) in [7, 11) is 0. The number of rotatable bonds is 3. The molecule has 5 heteroatoms. The van der Waals surface area contributed by atoms with Crippen LogP contribution in [-0.2, 0) is 0 Å². The Labute approximate surface area is 118 Å². The third-order valence-electron chi connectivity index (χ3n) is 4.22. The quantitative estimate of drug-likeness (QED) is 0.926. The van der Waals surface area contributed by atoms with Gasteiger partial charge in [-0.1, -0.05) is 18.5 Å². The SMILES string of the molecule is CCC1CCC(c2noc(-c3ncccc3O)n2)CC1. The van der Waals surface area contributed by atoms with E-state index in [1.165, 1.54) is 19.3 Å². The van der Waals surface area contributed by atoms with Crippen LogP contribution >= 0.6 is 0 Å². The van der Waals surface area contributed by atoms with Crippen LogP contribution in [0.15, 0.2) is 22.9 Å². The van der Waals surface area contributed by atoms with E-state index in [4.69, 9.17) is 4.52 Å². The minimum atomic E-state index is 0.0670. The monoisotopic (exact) mass is 273 g/mol. The molecule has 1 saturated carbocycles. The molecule has 20 heavy (non-hydrogen) atoms. The van der Waals surface area contributed by atoms with Gasteiger partial charge < -0.3 is 9.63 Å². The molecule has 0 spiro atoms. The van der Waals surface area contributed by atoms with Gasteiger partial charge in [0, 0.05) is 12.1 Å². The van der Waals surface area contributed by atoms with Gasteiger partial charge in [0.05, 0.1) is 0 Å². The Balaban J connectivity index is 1.76. The highest BCUT2D eigenvalue weighted by Crippen LogP contribution is 2.36. The molecule has 1 fully saturated rings. The summed E-state index contributed by atoms with van der Waals surface area (Å²) in [6.07, 6.45) is 7.56. The van der Waals surface area contributed by atoms with Crippen molar-refractivity contribution in [3.05, 3.63) is 24.2 Å². The van der Waals surface area contributed by atoms with Crippen LogP contribution in [0.3, 0.4) is 0 Å². The highest BCUT2D eigenvalue weighted by atomic mass is 16.5. The third kappa shape index (κ3) is 2.53. The van der Waals surface area contributed by atoms with Crippen LogP contribution in [-0.4, -0.2) is 20.2 Å². The van der Waals surface area contributed by atoms with Gasteiger partial charge >= 0.3 is 0 Å². The molecule has 0 aliphatic heterocycles.